The quantitative estimate of drug-likeness (QED) is 0.267. The Kier molecular flexibility index (Phi) is 9.10. The molecule has 0 aromatic heterocycles. The summed E-state index contributed by atoms with van der Waals surface area (Å²) in [6, 6.07) is 28.0. The third-order valence-corrected chi connectivity index (χ3v) is 8.14. The van der Waals surface area contributed by atoms with E-state index in [4.69, 9.17) is 0 Å². The van der Waals surface area contributed by atoms with Crippen LogP contribution in [0.2, 0.25) is 0 Å². The van der Waals surface area contributed by atoms with E-state index in [-0.39, 0.29) is 6.04 Å². The predicted octanol–water partition coefficient (Wildman–Crippen LogP) is 7.93. The molecule has 0 saturated carbocycles. The molecular formula is C34H45N3. The number of nitrogens with zero attached hydrogens (tertiary/aromatic N) is 3. The van der Waals surface area contributed by atoms with Crippen LogP contribution in [-0.4, -0.2) is 44.2 Å². The van der Waals surface area contributed by atoms with E-state index in [0.29, 0.717) is 0 Å². The van der Waals surface area contributed by atoms with Crippen molar-refractivity contribution in [2.45, 2.75) is 54.0 Å². The smallest absolute Gasteiger partial charge is 0.0613 e. The van der Waals surface area contributed by atoms with E-state index in [2.05, 4.69) is 129 Å². The molecule has 1 atom stereocenters. The fraction of sp³-hybridized carbons (Fsp3) is 0.412. The van der Waals surface area contributed by atoms with Gasteiger partial charge in [0.2, 0.25) is 0 Å². The van der Waals surface area contributed by atoms with Crippen LogP contribution in [0.15, 0.2) is 72.8 Å². The van der Waals surface area contributed by atoms with E-state index in [9.17, 15) is 0 Å². The van der Waals surface area contributed by atoms with Gasteiger partial charge < -0.3 is 9.80 Å². The first kappa shape index (κ1) is 27.0. The number of hydrogen-bond acceptors (Lipinski definition) is 3. The van der Waals surface area contributed by atoms with Crippen LogP contribution >= 0.6 is 0 Å². The Labute approximate surface area is 225 Å². The number of allylic oxidation sites excluding steroid dienone is 1. The summed E-state index contributed by atoms with van der Waals surface area (Å²) in [6.45, 7) is 19.6. The van der Waals surface area contributed by atoms with E-state index in [1.54, 1.807) is 0 Å². The van der Waals surface area contributed by atoms with Crippen molar-refractivity contribution in [3.05, 3.63) is 95.1 Å². The lowest BCUT2D eigenvalue weighted by molar-refractivity contribution is 0.262. The highest BCUT2D eigenvalue weighted by atomic mass is 15.1. The van der Waals surface area contributed by atoms with Gasteiger partial charge in [0.15, 0.2) is 0 Å². The van der Waals surface area contributed by atoms with E-state index in [0.717, 1.165) is 45.7 Å². The van der Waals surface area contributed by atoms with E-state index in [1.165, 1.54) is 44.8 Å². The zero-order valence-electron chi connectivity index (χ0n) is 23.8. The highest BCUT2D eigenvalue weighted by molar-refractivity contribution is 5.96. The summed E-state index contributed by atoms with van der Waals surface area (Å²) in [5.74, 6) is 0. The summed E-state index contributed by atoms with van der Waals surface area (Å²) in [5, 5.41) is 0. The first-order chi connectivity index (χ1) is 18.1. The topological polar surface area (TPSA) is 9.72 Å². The highest BCUT2D eigenvalue weighted by Gasteiger charge is 2.32. The van der Waals surface area contributed by atoms with E-state index < -0.39 is 0 Å². The summed E-state index contributed by atoms with van der Waals surface area (Å²) in [5.41, 5.74) is 11.1. The first-order valence-electron chi connectivity index (χ1n) is 14.3. The molecule has 0 fully saturated rings. The Hall–Kier alpha value is -3.04. The van der Waals surface area contributed by atoms with Crippen LogP contribution in [0.3, 0.4) is 0 Å². The summed E-state index contributed by atoms with van der Waals surface area (Å²) >= 11 is 0. The van der Waals surface area contributed by atoms with Crippen molar-refractivity contribution in [2.24, 2.45) is 0 Å². The molecule has 3 aromatic carbocycles. The van der Waals surface area contributed by atoms with Crippen molar-refractivity contribution in [3.63, 3.8) is 0 Å². The van der Waals surface area contributed by atoms with Crippen LogP contribution in [-0.2, 0) is 6.42 Å². The van der Waals surface area contributed by atoms with Gasteiger partial charge in [-0.2, -0.15) is 0 Å². The number of likely N-dealkylation sites (N-methyl/N-ethyl adjacent to an activating group) is 1. The van der Waals surface area contributed by atoms with Crippen LogP contribution in [0.1, 0.15) is 69.8 Å². The second-order valence-electron chi connectivity index (χ2n) is 9.83. The standard InChI is InChI=1S/C34H45N3/c1-7-35(8-2)29-21-17-26(18-22-29)32-25-28-15-13-14-16-31(28)34(37(11-5)12-6)33(32)27-19-23-30(24-20-27)36(9-3)10-4/h13-24,34H,7-12,25H2,1-6H3. The van der Waals surface area contributed by atoms with E-state index in [1.807, 2.05) is 0 Å². The molecule has 0 spiro atoms. The predicted molar refractivity (Wildman–Crippen MR) is 163 cm³/mol. The van der Waals surface area contributed by atoms with Gasteiger partial charge in [-0.25, -0.2) is 0 Å². The highest BCUT2D eigenvalue weighted by Crippen LogP contribution is 2.47. The van der Waals surface area contributed by atoms with E-state index >= 15 is 0 Å². The molecule has 1 unspecified atom stereocenters. The summed E-state index contributed by atoms with van der Waals surface area (Å²) in [6.07, 6.45) is 0.964. The van der Waals surface area contributed by atoms with Crippen LogP contribution < -0.4 is 9.80 Å². The Morgan fingerprint density at radius 2 is 1.05 bits per heavy atom. The number of benzene rings is 3. The molecular weight excluding hydrogens is 450 g/mol. The molecule has 0 amide bonds. The van der Waals surface area contributed by atoms with Gasteiger partial charge in [0.1, 0.15) is 0 Å². The molecule has 0 bridgehead atoms. The minimum Gasteiger partial charge on any atom is -0.372 e. The molecule has 0 heterocycles. The molecule has 0 N–H and O–H groups in total. The second kappa shape index (κ2) is 12.5. The summed E-state index contributed by atoms with van der Waals surface area (Å²) in [7, 11) is 0. The van der Waals surface area contributed by atoms with Gasteiger partial charge in [0.25, 0.3) is 0 Å². The zero-order chi connectivity index (χ0) is 26.4. The van der Waals surface area contributed by atoms with Crippen LogP contribution in [0.5, 0.6) is 0 Å². The number of fused-ring (bicyclic) bond motifs is 1. The lowest BCUT2D eigenvalue weighted by Gasteiger charge is -2.39. The largest absolute Gasteiger partial charge is 0.372 e. The van der Waals surface area contributed by atoms with Gasteiger partial charge in [0.05, 0.1) is 6.04 Å². The molecule has 0 radical (unpaired) electrons. The third-order valence-electron chi connectivity index (χ3n) is 8.14. The van der Waals surface area contributed by atoms with Gasteiger partial charge >= 0.3 is 0 Å². The molecule has 1 aliphatic rings. The van der Waals surface area contributed by atoms with Crippen molar-refractivity contribution in [3.8, 4) is 0 Å². The van der Waals surface area contributed by atoms with Crippen LogP contribution in [0.25, 0.3) is 11.1 Å². The molecule has 3 aromatic rings. The Balaban J connectivity index is 1.90. The minimum atomic E-state index is 0.247. The fourth-order valence-corrected chi connectivity index (χ4v) is 6.03. The number of anilines is 2. The average molecular weight is 496 g/mol. The molecule has 1 aliphatic carbocycles. The third kappa shape index (κ3) is 5.48. The lowest BCUT2D eigenvalue weighted by atomic mass is 9.76. The second-order valence-corrected chi connectivity index (χ2v) is 9.83. The number of rotatable bonds is 11. The lowest BCUT2D eigenvalue weighted by Crippen LogP contribution is -2.32. The Bertz CT molecular complexity index is 1160. The normalized spacial score (nSPS) is 15.2. The minimum absolute atomic E-state index is 0.247. The number of hydrogen-bond donors (Lipinski definition) is 0. The molecule has 0 saturated heterocycles. The maximum absolute atomic E-state index is 2.62. The molecule has 0 aliphatic heterocycles. The zero-order valence-corrected chi connectivity index (χ0v) is 23.8. The van der Waals surface area contributed by atoms with Gasteiger partial charge in [0, 0.05) is 37.6 Å². The van der Waals surface area contributed by atoms with Gasteiger partial charge in [-0.3, -0.25) is 4.90 Å². The van der Waals surface area contributed by atoms with Crippen molar-refractivity contribution < 1.29 is 0 Å². The average Bonchev–Trinajstić information content (AvgIpc) is 2.95. The summed E-state index contributed by atoms with van der Waals surface area (Å²) < 4.78 is 0. The SMILES string of the molecule is CCN(CC)c1ccc(C2=C(c3ccc(N(CC)CC)cc3)C(N(CC)CC)c3ccccc3C2)cc1. The maximum Gasteiger partial charge on any atom is 0.0613 e. The molecule has 196 valence electrons. The molecule has 3 nitrogen and oxygen atoms in total. The molecule has 37 heavy (non-hydrogen) atoms. The van der Waals surface area contributed by atoms with Gasteiger partial charge in [-0.1, -0.05) is 62.4 Å². The fourth-order valence-electron chi connectivity index (χ4n) is 6.03. The van der Waals surface area contributed by atoms with Crippen molar-refractivity contribution in [1.82, 2.24) is 4.90 Å². The first-order valence-corrected chi connectivity index (χ1v) is 14.3. The van der Waals surface area contributed by atoms with Gasteiger partial charge in [-0.05, 0) is 105 Å². The Morgan fingerprint density at radius 1 is 0.568 bits per heavy atom. The summed E-state index contributed by atoms with van der Waals surface area (Å²) in [4.78, 5) is 7.46. The van der Waals surface area contributed by atoms with Gasteiger partial charge in [-0.15, -0.1) is 0 Å². The maximum atomic E-state index is 2.62. The van der Waals surface area contributed by atoms with Crippen molar-refractivity contribution in [1.29, 1.82) is 0 Å². The monoisotopic (exact) mass is 495 g/mol. The van der Waals surface area contributed by atoms with Crippen molar-refractivity contribution >= 4 is 22.5 Å². The Morgan fingerprint density at radius 3 is 1.54 bits per heavy atom. The van der Waals surface area contributed by atoms with Crippen molar-refractivity contribution in [2.75, 3.05) is 49.1 Å². The van der Waals surface area contributed by atoms with Crippen LogP contribution in [0.4, 0.5) is 11.4 Å². The molecule has 3 heteroatoms. The van der Waals surface area contributed by atoms with Crippen LogP contribution in [0, 0.1) is 0 Å². The molecule has 4 rings (SSSR count).